The number of ether oxygens (including phenoxy) is 10. The molecule has 15 aliphatic rings. The minimum absolute atomic E-state index is 0.101. The maximum Gasteiger partial charge on any atom is 0.178 e. The highest BCUT2D eigenvalue weighted by Gasteiger charge is 2.66. The normalized spacial score (nSPS) is 32.1. The monoisotopic (exact) mass is 1810 g/mol. The van der Waals surface area contributed by atoms with Crippen molar-refractivity contribution in [1.82, 2.24) is 48.9 Å². The third-order valence-electron chi connectivity index (χ3n) is 33.0. The molecule has 5 saturated carbocycles. The predicted molar refractivity (Wildman–Crippen MR) is 496 cm³/mol. The molecular formula is C108H121F5N10O10. The molecular weight excluding hydrogens is 1690 g/mol. The zero-order valence-corrected chi connectivity index (χ0v) is 78.4. The van der Waals surface area contributed by atoms with Gasteiger partial charge in [-0.3, -0.25) is 0 Å². The zero-order chi connectivity index (χ0) is 92.3. The van der Waals surface area contributed by atoms with Gasteiger partial charge >= 0.3 is 0 Å². The third kappa shape index (κ3) is 14.8. The molecule has 10 aromatic rings. The zero-order valence-electron chi connectivity index (χ0n) is 78.4. The van der Waals surface area contributed by atoms with Crippen molar-refractivity contribution in [1.29, 1.82) is 0 Å². The molecule has 25 heteroatoms. The SMILES string of the molecule is CC12Cc3cnn(-c4ccc(F)cc4)c3C=C1CCCC21OCCO1.C[C@@H]1OC2(CCCC3=Cc4c(cnn4-c4ccc(F)cc4)CC32C)O[C@@H]1C.C[C@@H]1OC2(CCCC3=Cc4c(cnn4-c4ccc(F)cc4)C[C@@]32C)O[C@@H]1C.C[C@@H]1OC2(CCCC3=Cc4c(cnn4-c4ccc(F)cc4)C[C@]32C)O[C@H]1C.C[C@H]1OC2(CCCC3=Cc4c(cnn4-c4ccc(F)cc4)C[C@@]32C)O[C@@H]1C. The largest absolute Gasteiger partial charge is 0.347 e. The van der Waals surface area contributed by atoms with Gasteiger partial charge in [-0.05, 0) is 331 Å². The Morgan fingerprint density at radius 1 is 0.248 bits per heavy atom. The lowest BCUT2D eigenvalue weighted by Gasteiger charge is -2.51. The first kappa shape index (κ1) is 89.6. The minimum Gasteiger partial charge on any atom is -0.347 e. The van der Waals surface area contributed by atoms with Crippen molar-refractivity contribution in [3.05, 3.63) is 266 Å². The third-order valence-corrected chi connectivity index (χ3v) is 33.0. The van der Waals surface area contributed by atoms with Gasteiger partial charge in [0, 0.05) is 59.2 Å². The Kier molecular flexibility index (Phi) is 22.6. The maximum absolute atomic E-state index is 13.3. The van der Waals surface area contributed by atoms with E-state index in [0.717, 1.165) is 185 Å². The number of hydrogen-bond acceptors (Lipinski definition) is 15. The van der Waals surface area contributed by atoms with E-state index in [-0.39, 0.29) is 105 Å². The molecule has 133 heavy (non-hydrogen) atoms. The summed E-state index contributed by atoms with van der Waals surface area (Å²) in [6.07, 6.45) is 41.2. The van der Waals surface area contributed by atoms with Crippen LogP contribution in [0.1, 0.15) is 243 Å². The van der Waals surface area contributed by atoms with Crippen LogP contribution in [0.25, 0.3) is 58.8 Å². The highest BCUT2D eigenvalue weighted by atomic mass is 19.1. The molecule has 5 saturated heterocycles. The van der Waals surface area contributed by atoms with Gasteiger partial charge in [-0.1, -0.05) is 62.5 Å². The van der Waals surface area contributed by atoms with E-state index >= 15 is 0 Å². The van der Waals surface area contributed by atoms with E-state index in [1.165, 1.54) is 116 Å². The average Bonchev–Trinajstić information content (AvgIpc) is 1.60. The van der Waals surface area contributed by atoms with Crippen LogP contribution in [0.3, 0.4) is 0 Å². The summed E-state index contributed by atoms with van der Waals surface area (Å²) in [5.41, 5.74) is 21.7. The van der Waals surface area contributed by atoms with Gasteiger partial charge in [-0.15, -0.1) is 0 Å². The molecule has 0 amide bonds. The molecule has 0 bridgehead atoms. The van der Waals surface area contributed by atoms with E-state index in [1.54, 1.807) is 60.7 Å². The average molecular weight is 1810 g/mol. The topological polar surface area (TPSA) is 181 Å². The van der Waals surface area contributed by atoms with E-state index in [9.17, 15) is 22.0 Å². The molecule has 5 aliphatic heterocycles. The van der Waals surface area contributed by atoms with E-state index < -0.39 is 28.9 Å². The van der Waals surface area contributed by atoms with E-state index in [2.05, 4.69) is 146 Å². The molecule has 10 heterocycles. The summed E-state index contributed by atoms with van der Waals surface area (Å²) < 4.78 is 140. The summed E-state index contributed by atoms with van der Waals surface area (Å²) in [4.78, 5) is 0. The lowest BCUT2D eigenvalue weighted by molar-refractivity contribution is -0.246. The van der Waals surface area contributed by atoms with E-state index in [0.29, 0.717) is 13.2 Å². The first-order chi connectivity index (χ1) is 63.8. The second-order valence-corrected chi connectivity index (χ2v) is 40.9. The van der Waals surface area contributed by atoms with Crippen LogP contribution in [0.5, 0.6) is 0 Å². The summed E-state index contributed by atoms with van der Waals surface area (Å²) in [7, 11) is 0. The first-order valence-electron chi connectivity index (χ1n) is 48.2. The minimum atomic E-state index is -0.550. The Morgan fingerprint density at radius 3 is 0.594 bits per heavy atom. The standard InChI is InChI=1S/4C22H25FN2O2.C20H21FN2O2/c4*1-14-15(2)27-22(26-14)10-4-5-17-11-20-16(12-21(17,22)3)13-24-25(20)19-8-6-18(23)7-9-19;1-19-12-14-13-22-23(17-6-4-16(21)5-7-17)18(14)11-15(19)3-2-8-20(19)24-9-10-25-20/h4*6-9,11,13-15H,4-5,10,12H2,1-3H3;4-7,11,13H,2-3,8-10,12H2,1H3/t14-,15+,21?,22?;14-,15+,21-,22?;2*14-,15-,21+;/m.010./s1. The van der Waals surface area contributed by atoms with Crippen molar-refractivity contribution < 1.29 is 69.3 Å². The van der Waals surface area contributed by atoms with Gasteiger partial charge in [0.15, 0.2) is 28.9 Å². The number of halogens is 5. The lowest BCUT2D eigenvalue weighted by atomic mass is 9.62. The van der Waals surface area contributed by atoms with Gasteiger partial charge in [0.05, 0.1) is 150 Å². The van der Waals surface area contributed by atoms with Crippen molar-refractivity contribution in [2.24, 2.45) is 27.1 Å². The molecule has 4 unspecified atom stereocenters. The van der Waals surface area contributed by atoms with Gasteiger partial charge in [-0.25, -0.2) is 45.4 Å². The molecule has 15 atom stereocenters. The van der Waals surface area contributed by atoms with Gasteiger partial charge in [0.25, 0.3) is 0 Å². The molecule has 5 spiro atoms. The maximum atomic E-state index is 13.3. The van der Waals surface area contributed by atoms with Gasteiger partial charge in [0.2, 0.25) is 0 Å². The molecule has 10 fully saturated rings. The molecule has 5 aromatic carbocycles. The van der Waals surface area contributed by atoms with Gasteiger partial charge in [0.1, 0.15) is 29.1 Å². The molecule has 5 aromatic heterocycles. The Hall–Kier alpha value is -9.90. The van der Waals surface area contributed by atoms with Gasteiger partial charge < -0.3 is 47.4 Å². The fourth-order valence-electron chi connectivity index (χ4n) is 24.7. The van der Waals surface area contributed by atoms with Crippen molar-refractivity contribution in [3.63, 3.8) is 0 Å². The van der Waals surface area contributed by atoms with Crippen LogP contribution >= 0.6 is 0 Å². The highest BCUT2D eigenvalue weighted by molar-refractivity contribution is 5.67. The Morgan fingerprint density at radius 2 is 0.414 bits per heavy atom. The number of rotatable bonds is 5. The fourth-order valence-corrected chi connectivity index (χ4v) is 24.7. The Bertz CT molecular complexity index is 5610. The Balaban J connectivity index is 0.000000100. The second kappa shape index (κ2) is 33.5. The number of hydrogen-bond donors (Lipinski definition) is 0. The van der Waals surface area contributed by atoms with Crippen LogP contribution in [-0.2, 0) is 79.5 Å². The van der Waals surface area contributed by atoms with Crippen molar-refractivity contribution in [2.45, 2.75) is 296 Å². The van der Waals surface area contributed by atoms with E-state index in [1.807, 2.05) is 54.4 Å². The lowest BCUT2D eigenvalue weighted by Crippen LogP contribution is -2.53. The molecule has 20 nitrogen and oxygen atoms in total. The second-order valence-electron chi connectivity index (χ2n) is 40.9. The molecule has 10 aliphatic carbocycles. The summed E-state index contributed by atoms with van der Waals surface area (Å²) in [6.45, 7) is 29.5. The highest BCUT2D eigenvalue weighted by Crippen LogP contribution is 2.64. The first-order valence-corrected chi connectivity index (χ1v) is 48.2. The number of fused-ring (bicyclic) bond motifs is 15. The summed E-state index contributed by atoms with van der Waals surface area (Å²) in [5, 5.41) is 23.0. The van der Waals surface area contributed by atoms with Gasteiger partial charge in [-0.2, -0.15) is 25.5 Å². The summed E-state index contributed by atoms with van der Waals surface area (Å²) in [6, 6.07) is 32.4. The van der Waals surface area contributed by atoms with E-state index in [4.69, 9.17) is 47.4 Å². The fraction of sp³-hybridized carbons (Fsp3) is 0.491. The smallest absolute Gasteiger partial charge is 0.178 e. The molecule has 0 radical (unpaired) electrons. The van der Waals surface area contributed by atoms with Crippen molar-refractivity contribution in [2.75, 3.05) is 13.2 Å². The quantitative estimate of drug-likeness (QED) is 0.148. The number of benzene rings is 5. The molecule has 25 rings (SSSR count). The van der Waals surface area contributed by atoms with Crippen LogP contribution in [0, 0.1) is 56.2 Å². The molecule has 698 valence electrons. The summed E-state index contributed by atoms with van der Waals surface area (Å²) in [5.74, 6) is -3.88. The van der Waals surface area contributed by atoms with Crippen LogP contribution in [0.15, 0.2) is 180 Å². The number of nitrogens with zero attached hydrogens (tertiary/aromatic N) is 10. The Labute approximate surface area is 774 Å². The number of aromatic nitrogens is 10. The predicted octanol–water partition coefficient (Wildman–Crippen LogP) is 22.5. The molecule has 0 N–H and O–H groups in total. The van der Waals surface area contributed by atoms with Crippen LogP contribution < -0.4 is 0 Å². The van der Waals surface area contributed by atoms with Crippen LogP contribution in [0.4, 0.5) is 22.0 Å². The van der Waals surface area contributed by atoms with Crippen molar-refractivity contribution >= 4 is 30.4 Å². The van der Waals surface area contributed by atoms with Crippen LogP contribution in [0.2, 0.25) is 0 Å². The van der Waals surface area contributed by atoms with Crippen molar-refractivity contribution in [3.8, 4) is 28.4 Å². The summed E-state index contributed by atoms with van der Waals surface area (Å²) >= 11 is 0. The van der Waals surface area contributed by atoms with Crippen LogP contribution in [-0.4, -0.2) is 140 Å².